The van der Waals surface area contributed by atoms with Gasteiger partial charge >= 0.3 is 6.09 Å². The summed E-state index contributed by atoms with van der Waals surface area (Å²) in [5.41, 5.74) is 1.16. The van der Waals surface area contributed by atoms with Gasteiger partial charge in [0.1, 0.15) is 6.61 Å². The van der Waals surface area contributed by atoms with Gasteiger partial charge in [0.05, 0.1) is 6.04 Å². The Kier molecular flexibility index (Phi) is 4.21. The molecule has 0 aromatic heterocycles. The van der Waals surface area contributed by atoms with E-state index < -0.39 is 0 Å². The second kappa shape index (κ2) is 6.27. The van der Waals surface area contributed by atoms with Crippen molar-refractivity contribution in [1.82, 2.24) is 9.80 Å². The van der Waals surface area contributed by atoms with E-state index in [2.05, 4.69) is 17.0 Å². The van der Waals surface area contributed by atoms with E-state index in [0.29, 0.717) is 13.2 Å². The third kappa shape index (κ3) is 3.12. The lowest BCUT2D eigenvalue weighted by Gasteiger charge is -2.31. The van der Waals surface area contributed by atoms with Gasteiger partial charge in [-0.25, -0.2) is 4.79 Å². The van der Waals surface area contributed by atoms with Crippen LogP contribution >= 0.6 is 0 Å². The van der Waals surface area contributed by atoms with E-state index >= 15 is 0 Å². The highest BCUT2D eigenvalue weighted by Crippen LogP contribution is 2.19. The topological polar surface area (TPSA) is 32.8 Å². The molecule has 2 fully saturated rings. The zero-order chi connectivity index (χ0) is 13.8. The maximum absolute atomic E-state index is 11.9. The van der Waals surface area contributed by atoms with Gasteiger partial charge in [-0.3, -0.25) is 4.90 Å². The molecule has 0 bridgehead atoms. The highest BCUT2D eigenvalue weighted by atomic mass is 16.6. The summed E-state index contributed by atoms with van der Waals surface area (Å²) in [6.45, 7) is 4.44. The lowest BCUT2D eigenvalue weighted by Crippen LogP contribution is -2.44. The Morgan fingerprint density at radius 1 is 1.10 bits per heavy atom. The van der Waals surface area contributed by atoms with Gasteiger partial charge in [-0.1, -0.05) is 36.8 Å². The largest absolute Gasteiger partial charge is 0.447 e. The summed E-state index contributed by atoms with van der Waals surface area (Å²) >= 11 is 0. The van der Waals surface area contributed by atoms with Gasteiger partial charge in [-0.05, 0) is 31.5 Å². The van der Waals surface area contributed by atoms with Crippen LogP contribution in [0.2, 0.25) is 0 Å². The molecule has 0 spiro atoms. The van der Waals surface area contributed by atoms with E-state index in [4.69, 9.17) is 4.74 Å². The summed E-state index contributed by atoms with van der Waals surface area (Å²) in [6, 6.07) is 10.3. The second-order valence-electron chi connectivity index (χ2n) is 5.71. The quantitative estimate of drug-likeness (QED) is 0.845. The minimum absolute atomic E-state index is 0.170. The Bertz CT molecular complexity index is 443. The number of ether oxygens (including phenoxy) is 1. The first-order valence-electron chi connectivity index (χ1n) is 7.52. The van der Waals surface area contributed by atoms with Crippen LogP contribution in [-0.2, 0) is 11.3 Å². The van der Waals surface area contributed by atoms with Crippen molar-refractivity contribution in [3.05, 3.63) is 35.9 Å². The summed E-state index contributed by atoms with van der Waals surface area (Å²) < 4.78 is 5.25. The molecule has 0 unspecified atom stereocenters. The second-order valence-corrected chi connectivity index (χ2v) is 5.71. The Morgan fingerprint density at radius 3 is 2.60 bits per heavy atom. The van der Waals surface area contributed by atoms with Gasteiger partial charge in [0.2, 0.25) is 0 Å². The smallest absolute Gasteiger partial charge is 0.410 e. The number of nitrogens with zero attached hydrogens (tertiary/aromatic N) is 2. The van der Waals surface area contributed by atoms with Gasteiger partial charge in [0.15, 0.2) is 0 Å². The molecule has 4 nitrogen and oxygen atoms in total. The van der Waals surface area contributed by atoms with Gasteiger partial charge in [0, 0.05) is 13.1 Å². The number of cyclic esters (lactones) is 1. The first-order valence-corrected chi connectivity index (χ1v) is 7.52. The van der Waals surface area contributed by atoms with E-state index in [0.717, 1.165) is 25.2 Å². The molecule has 2 heterocycles. The minimum Gasteiger partial charge on any atom is -0.447 e. The molecule has 1 amide bonds. The average Bonchev–Trinajstić information content (AvgIpc) is 2.83. The number of amides is 1. The van der Waals surface area contributed by atoms with Crippen molar-refractivity contribution in [2.45, 2.75) is 31.8 Å². The van der Waals surface area contributed by atoms with E-state index in [1.54, 1.807) is 0 Å². The number of hydrogen-bond acceptors (Lipinski definition) is 3. The van der Waals surface area contributed by atoms with Gasteiger partial charge in [-0.15, -0.1) is 0 Å². The van der Waals surface area contributed by atoms with Crippen LogP contribution in [0.4, 0.5) is 4.79 Å². The molecular weight excluding hydrogens is 252 g/mol. The fourth-order valence-corrected chi connectivity index (χ4v) is 3.05. The summed E-state index contributed by atoms with van der Waals surface area (Å²) in [6.07, 6.45) is 3.72. The summed E-state index contributed by atoms with van der Waals surface area (Å²) in [4.78, 5) is 16.3. The number of benzene rings is 1. The van der Waals surface area contributed by atoms with Crippen LogP contribution in [0.25, 0.3) is 0 Å². The van der Waals surface area contributed by atoms with Crippen molar-refractivity contribution < 1.29 is 9.53 Å². The predicted molar refractivity (Wildman–Crippen MR) is 77.4 cm³/mol. The molecule has 1 aromatic rings. The molecule has 4 heteroatoms. The van der Waals surface area contributed by atoms with Gasteiger partial charge < -0.3 is 9.64 Å². The summed E-state index contributed by atoms with van der Waals surface area (Å²) in [5, 5.41) is 0. The molecule has 3 rings (SSSR count). The third-order valence-corrected chi connectivity index (χ3v) is 4.19. The zero-order valence-corrected chi connectivity index (χ0v) is 11.8. The van der Waals surface area contributed by atoms with Crippen molar-refractivity contribution in [1.29, 1.82) is 0 Å². The molecule has 0 aliphatic carbocycles. The monoisotopic (exact) mass is 274 g/mol. The summed E-state index contributed by atoms with van der Waals surface area (Å²) in [5.74, 6) is 0. The van der Waals surface area contributed by atoms with Crippen LogP contribution < -0.4 is 0 Å². The van der Waals surface area contributed by atoms with E-state index in [-0.39, 0.29) is 12.1 Å². The number of rotatable bonds is 4. The first kappa shape index (κ1) is 13.4. The predicted octanol–water partition coefficient (Wildman–Crippen LogP) is 2.49. The van der Waals surface area contributed by atoms with Crippen LogP contribution in [0.1, 0.15) is 24.8 Å². The third-order valence-electron chi connectivity index (χ3n) is 4.19. The molecule has 0 N–H and O–H groups in total. The van der Waals surface area contributed by atoms with E-state index in [9.17, 15) is 4.79 Å². The molecule has 108 valence electrons. The van der Waals surface area contributed by atoms with Crippen molar-refractivity contribution >= 4 is 6.09 Å². The van der Waals surface area contributed by atoms with Crippen LogP contribution in [0.3, 0.4) is 0 Å². The number of likely N-dealkylation sites (tertiary alicyclic amines) is 1. The lowest BCUT2D eigenvalue weighted by atomic mass is 10.1. The molecule has 0 radical (unpaired) electrons. The fourth-order valence-electron chi connectivity index (χ4n) is 3.05. The maximum Gasteiger partial charge on any atom is 0.410 e. The van der Waals surface area contributed by atoms with Crippen molar-refractivity contribution in [3.63, 3.8) is 0 Å². The highest BCUT2D eigenvalue weighted by molar-refractivity contribution is 5.70. The molecule has 20 heavy (non-hydrogen) atoms. The van der Waals surface area contributed by atoms with Crippen molar-refractivity contribution in [2.24, 2.45) is 0 Å². The van der Waals surface area contributed by atoms with Crippen LogP contribution in [0, 0.1) is 0 Å². The normalized spacial score (nSPS) is 23.9. The maximum atomic E-state index is 11.9. The Morgan fingerprint density at radius 2 is 1.85 bits per heavy atom. The fraction of sp³-hybridized carbons (Fsp3) is 0.562. The molecule has 2 aliphatic rings. The van der Waals surface area contributed by atoms with E-state index in [1.165, 1.54) is 19.3 Å². The van der Waals surface area contributed by atoms with Gasteiger partial charge in [0.25, 0.3) is 0 Å². The first-order chi connectivity index (χ1) is 9.83. The lowest BCUT2D eigenvalue weighted by molar-refractivity contribution is 0.150. The van der Waals surface area contributed by atoms with Crippen molar-refractivity contribution in [3.8, 4) is 0 Å². The van der Waals surface area contributed by atoms with E-state index in [1.807, 2.05) is 23.1 Å². The number of hydrogen-bond donors (Lipinski definition) is 0. The van der Waals surface area contributed by atoms with Crippen molar-refractivity contribution in [2.75, 3.05) is 26.2 Å². The number of piperidine rings is 1. The highest BCUT2D eigenvalue weighted by Gasteiger charge is 2.34. The standard InChI is InChI=1S/C16H22N2O2/c19-16-18(11-14-7-3-1-4-8-14)15(13-20-16)12-17-9-5-2-6-10-17/h1,3-4,7-8,15H,2,5-6,9-13H2/t15-/m0/s1. The molecule has 2 aliphatic heterocycles. The Labute approximate surface area is 120 Å². The average molecular weight is 274 g/mol. The van der Waals surface area contributed by atoms with Gasteiger partial charge in [-0.2, -0.15) is 0 Å². The molecule has 1 atom stereocenters. The number of carbonyl (C=O) groups excluding carboxylic acids is 1. The van der Waals surface area contributed by atoms with Crippen LogP contribution in [0.15, 0.2) is 30.3 Å². The molecule has 2 saturated heterocycles. The molecular formula is C16H22N2O2. The molecule has 1 aromatic carbocycles. The molecule has 0 saturated carbocycles. The Balaban J connectivity index is 1.62. The SMILES string of the molecule is O=C1OC[C@H](CN2CCCCC2)N1Cc1ccccc1. The number of carbonyl (C=O) groups is 1. The minimum atomic E-state index is -0.170. The summed E-state index contributed by atoms with van der Waals surface area (Å²) in [7, 11) is 0. The zero-order valence-electron chi connectivity index (χ0n) is 11.8. The van der Waals surface area contributed by atoms with Crippen LogP contribution in [-0.4, -0.2) is 48.2 Å². The Hall–Kier alpha value is -1.55. The van der Waals surface area contributed by atoms with Crippen LogP contribution in [0.5, 0.6) is 0 Å².